The van der Waals surface area contributed by atoms with E-state index in [1.165, 1.54) is 7.11 Å². The molecule has 1 saturated heterocycles. The first-order valence-electron chi connectivity index (χ1n) is 8.72. The Hall–Kier alpha value is -2.13. The van der Waals surface area contributed by atoms with Crippen LogP contribution in [0.5, 0.6) is 0 Å². The van der Waals surface area contributed by atoms with E-state index >= 15 is 0 Å². The lowest BCUT2D eigenvalue weighted by atomic mass is 9.73. The number of hydrogen-bond acceptors (Lipinski definition) is 4. The molecule has 5 nitrogen and oxygen atoms in total. The van der Waals surface area contributed by atoms with Gasteiger partial charge in [0.25, 0.3) is 0 Å². The average molecular weight is 419 g/mol. The molecule has 0 radical (unpaired) electrons. The zero-order valence-corrected chi connectivity index (χ0v) is 16.7. The second kappa shape index (κ2) is 9.00. The molecule has 0 aromatic heterocycles. The van der Waals surface area contributed by atoms with Gasteiger partial charge >= 0.3 is 5.97 Å². The number of carbonyl (C=O) groups is 2. The Kier molecular flexibility index (Phi) is 6.98. The maximum atomic E-state index is 13.3. The van der Waals surface area contributed by atoms with Crippen LogP contribution in [0.25, 0.3) is 6.08 Å². The summed E-state index contributed by atoms with van der Waals surface area (Å²) >= 11 is 3.23. The van der Waals surface area contributed by atoms with E-state index in [-0.39, 0.29) is 5.91 Å². The van der Waals surface area contributed by atoms with Crippen LogP contribution >= 0.6 is 15.9 Å². The molecule has 138 valence electrons. The lowest BCUT2D eigenvalue weighted by molar-refractivity contribution is -0.135. The first-order chi connectivity index (χ1) is 12.5. The summed E-state index contributed by atoms with van der Waals surface area (Å²) in [7, 11) is 1.32. The van der Waals surface area contributed by atoms with Crippen LogP contribution in [0.4, 0.5) is 5.69 Å². The largest absolute Gasteiger partial charge is 0.465 e. The highest BCUT2D eigenvalue weighted by Gasteiger charge is 2.42. The normalized spacial score (nSPS) is 20.6. The maximum Gasteiger partial charge on any atom is 0.344 e. The van der Waals surface area contributed by atoms with Crippen LogP contribution in [0, 0.1) is 16.7 Å². The molecule has 1 aliphatic rings. The molecule has 1 amide bonds. The Morgan fingerprint density at radius 3 is 2.85 bits per heavy atom. The van der Waals surface area contributed by atoms with E-state index in [0.29, 0.717) is 30.3 Å². The SMILES string of the molecule is CCC1(CCC#N)CCCN(c2ccccc2/C=C(\Br)C(=O)OC)C1=O. The molecular formula is C20H23BrN2O3. The smallest absolute Gasteiger partial charge is 0.344 e. The van der Waals surface area contributed by atoms with Crippen molar-refractivity contribution in [3.05, 3.63) is 34.3 Å². The number of anilines is 1. The number of benzene rings is 1. The molecular weight excluding hydrogens is 396 g/mol. The molecule has 0 aliphatic carbocycles. The summed E-state index contributed by atoms with van der Waals surface area (Å²) in [5.74, 6) is -0.404. The zero-order valence-electron chi connectivity index (χ0n) is 15.1. The zero-order chi connectivity index (χ0) is 19.2. The van der Waals surface area contributed by atoms with Crippen molar-refractivity contribution in [3.63, 3.8) is 0 Å². The summed E-state index contributed by atoms with van der Waals surface area (Å²) in [6.07, 6.45) is 5.05. The van der Waals surface area contributed by atoms with Crippen molar-refractivity contribution < 1.29 is 14.3 Å². The fourth-order valence-corrected chi connectivity index (χ4v) is 3.89. The van der Waals surface area contributed by atoms with Gasteiger partial charge in [0.05, 0.1) is 24.3 Å². The van der Waals surface area contributed by atoms with Gasteiger partial charge in [0.15, 0.2) is 0 Å². The predicted molar refractivity (Wildman–Crippen MR) is 105 cm³/mol. The number of nitriles is 1. The number of methoxy groups -OCH3 is 1. The van der Waals surface area contributed by atoms with Crippen molar-refractivity contribution in [2.75, 3.05) is 18.6 Å². The molecule has 1 fully saturated rings. The molecule has 26 heavy (non-hydrogen) atoms. The van der Waals surface area contributed by atoms with Gasteiger partial charge in [-0.3, -0.25) is 4.79 Å². The molecule has 2 rings (SSSR count). The Bertz CT molecular complexity index is 754. The van der Waals surface area contributed by atoms with E-state index in [1.807, 2.05) is 31.2 Å². The van der Waals surface area contributed by atoms with Gasteiger partial charge in [0.1, 0.15) is 4.48 Å². The van der Waals surface area contributed by atoms with E-state index in [4.69, 9.17) is 10.00 Å². The van der Waals surface area contributed by atoms with E-state index < -0.39 is 11.4 Å². The van der Waals surface area contributed by atoms with E-state index in [2.05, 4.69) is 22.0 Å². The second-order valence-electron chi connectivity index (χ2n) is 6.40. The molecule has 1 aliphatic heterocycles. The highest BCUT2D eigenvalue weighted by Crippen LogP contribution is 2.41. The van der Waals surface area contributed by atoms with Crippen molar-refractivity contribution in [2.45, 2.75) is 39.0 Å². The van der Waals surface area contributed by atoms with Gasteiger partial charge in [-0.25, -0.2) is 4.79 Å². The maximum absolute atomic E-state index is 13.3. The van der Waals surface area contributed by atoms with E-state index in [1.54, 1.807) is 11.0 Å². The number of amides is 1. The highest BCUT2D eigenvalue weighted by molar-refractivity contribution is 9.12. The van der Waals surface area contributed by atoms with Gasteiger partial charge in [-0.2, -0.15) is 5.26 Å². The lowest BCUT2D eigenvalue weighted by Crippen LogP contribution is -2.49. The summed E-state index contributed by atoms with van der Waals surface area (Å²) in [5.41, 5.74) is 1.06. The third kappa shape index (κ3) is 4.16. The number of para-hydroxylation sites is 1. The number of ether oxygens (including phenoxy) is 1. The molecule has 1 heterocycles. The predicted octanol–water partition coefficient (Wildman–Crippen LogP) is 4.42. The Labute approximate surface area is 162 Å². The molecule has 0 saturated carbocycles. The minimum Gasteiger partial charge on any atom is -0.465 e. The Morgan fingerprint density at radius 2 is 2.19 bits per heavy atom. The number of carbonyl (C=O) groups excluding carboxylic acids is 2. The summed E-state index contributed by atoms with van der Waals surface area (Å²) in [6.45, 7) is 2.65. The van der Waals surface area contributed by atoms with Crippen molar-refractivity contribution in [3.8, 4) is 6.07 Å². The number of esters is 1. The third-order valence-electron chi connectivity index (χ3n) is 5.02. The number of hydrogen-bond donors (Lipinski definition) is 0. The average Bonchev–Trinajstić information content (AvgIpc) is 2.67. The molecule has 0 N–H and O–H groups in total. The van der Waals surface area contributed by atoms with Gasteiger partial charge in [0.2, 0.25) is 5.91 Å². The summed E-state index contributed by atoms with van der Waals surface area (Å²) in [5, 5.41) is 8.96. The van der Waals surface area contributed by atoms with Crippen LogP contribution in [-0.4, -0.2) is 25.5 Å². The highest BCUT2D eigenvalue weighted by atomic mass is 79.9. The van der Waals surface area contributed by atoms with Crippen LogP contribution in [0.1, 0.15) is 44.6 Å². The van der Waals surface area contributed by atoms with Crippen LogP contribution in [0.3, 0.4) is 0 Å². The molecule has 1 aromatic carbocycles. The quantitative estimate of drug-likeness (QED) is 0.506. The first-order valence-corrected chi connectivity index (χ1v) is 9.52. The van der Waals surface area contributed by atoms with Gasteiger partial charge in [-0.1, -0.05) is 25.1 Å². The van der Waals surface area contributed by atoms with Crippen LogP contribution in [0.15, 0.2) is 28.7 Å². The van der Waals surface area contributed by atoms with Crippen molar-refractivity contribution >= 4 is 39.6 Å². The monoisotopic (exact) mass is 418 g/mol. The summed E-state index contributed by atoms with van der Waals surface area (Å²) < 4.78 is 5.01. The van der Waals surface area contributed by atoms with E-state index in [0.717, 1.165) is 24.1 Å². The minimum absolute atomic E-state index is 0.0662. The van der Waals surface area contributed by atoms with Crippen molar-refractivity contribution in [2.24, 2.45) is 5.41 Å². The van der Waals surface area contributed by atoms with Gasteiger partial charge < -0.3 is 9.64 Å². The minimum atomic E-state index is -0.482. The molecule has 1 aromatic rings. The number of halogens is 1. The Morgan fingerprint density at radius 1 is 1.46 bits per heavy atom. The van der Waals surface area contributed by atoms with Crippen LogP contribution in [-0.2, 0) is 14.3 Å². The van der Waals surface area contributed by atoms with Gasteiger partial charge in [0, 0.05) is 13.0 Å². The van der Waals surface area contributed by atoms with E-state index in [9.17, 15) is 9.59 Å². The molecule has 0 bridgehead atoms. The number of nitrogens with zero attached hydrogens (tertiary/aromatic N) is 2. The van der Waals surface area contributed by atoms with Crippen molar-refractivity contribution in [1.29, 1.82) is 5.26 Å². The third-order valence-corrected chi connectivity index (χ3v) is 5.57. The fraction of sp³-hybridized carbons (Fsp3) is 0.450. The number of piperidine rings is 1. The van der Waals surface area contributed by atoms with Gasteiger partial charge in [-0.05, 0) is 59.3 Å². The lowest BCUT2D eigenvalue weighted by Gasteiger charge is -2.41. The molecule has 0 spiro atoms. The van der Waals surface area contributed by atoms with Crippen LogP contribution < -0.4 is 4.90 Å². The topological polar surface area (TPSA) is 70.4 Å². The molecule has 6 heteroatoms. The number of rotatable bonds is 6. The fourth-order valence-electron chi connectivity index (χ4n) is 3.48. The first kappa shape index (κ1) is 20.2. The van der Waals surface area contributed by atoms with Crippen molar-refractivity contribution in [1.82, 2.24) is 0 Å². The Balaban J connectivity index is 2.41. The second-order valence-corrected chi connectivity index (χ2v) is 7.25. The van der Waals surface area contributed by atoms with Gasteiger partial charge in [-0.15, -0.1) is 0 Å². The molecule has 1 atom stereocenters. The standard InChI is InChI=1S/C20H23BrN2O3/c1-3-20(10-6-12-22)11-7-13-23(19(20)25)17-9-5-4-8-15(17)14-16(21)18(24)26-2/h4-5,8-9,14H,3,6-7,10-11,13H2,1-2H3/b16-14-. The summed E-state index contributed by atoms with van der Waals surface area (Å²) in [4.78, 5) is 26.8. The summed E-state index contributed by atoms with van der Waals surface area (Å²) in [6, 6.07) is 9.66. The molecule has 1 unspecified atom stereocenters. The van der Waals surface area contributed by atoms with Crippen LogP contribution in [0.2, 0.25) is 0 Å².